The maximum Gasteiger partial charge on any atom is 0.309 e. The molecule has 0 saturated carbocycles. The van der Waals surface area contributed by atoms with Crippen LogP contribution in [0.15, 0.2) is 24.3 Å². The van der Waals surface area contributed by atoms with Crippen LogP contribution in [-0.4, -0.2) is 30.6 Å². The molecular formula is C16H22ClNO2. The highest BCUT2D eigenvalue weighted by molar-refractivity contribution is 6.31. The zero-order valence-corrected chi connectivity index (χ0v) is 12.9. The maximum absolute atomic E-state index is 11.7. The predicted molar refractivity (Wildman–Crippen MR) is 80.8 cm³/mol. The van der Waals surface area contributed by atoms with Crippen LogP contribution in [0.4, 0.5) is 0 Å². The van der Waals surface area contributed by atoms with Crippen molar-refractivity contribution >= 4 is 17.6 Å². The third kappa shape index (κ3) is 3.53. The average molecular weight is 296 g/mol. The Labute approximate surface area is 125 Å². The highest BCUT2D eigenvalue weighted by atomic mass is 35.5. The van der Waals surface area contributed by atoms with Crippen LogP contribution in [0.3, 0.4) is 0 Å². The number of carbonyl (C=O) groups is 1. The normalized spacial score (nSPS) is 18.8. The number of likely N-dealkylation sites (tertiary alicyclic amines) is 1. The van der Waals surface area contributed by atoms with Crippen LogP contribution in [0.2, 0.25) is 5.02 Å². The summed E-state index contributed by atoms with van der Waals surface area (Å²) >= 11 is 6.26. The first-order chi connectivity index (χ1) is 9.63. The van der Waals surface area contributed by atoms with Crippen LogP contribution in [-0.2, 0) is 9.53 Å². The molecule has 1 aromatic rings. The van der Waals surface area contributed by atoms with Gasteiger partial charge >= 0.3 is 5.97 Å². The van der Waals surface area contributed by atoms with Crippen LogP contribution in [0.1, 0.15) is 38.3 Å². The number of hydrogen-bond donors (Lipinski definition) is 0. The summed E-state index contributed by atoms with van der Waals surface area (Å²) in [5.74, 6) is 0.0159. The Morgan fingerprint density at radius 3 is 2.65 bits per heavy atom. The summed E-state index contributed by atoms with van der Waals surface area (Å²) in [4.78, 5) is 14.1. The van der Waals surface area contributed by atoms with Crippen LogP contribution >= 0.6 is 11.6 Å². The zero-order chi connectivity index (χ0) is 14.5. The number of rotatable bonds is 4. The Kier molecular flexibility index (Phi) is 5.44. The molecule has 1 unspecified atom stereocenters. The molecule has 1 heterocycles. The number of ether oxygens (including phenoxy) is 1. The monoisotopic (exact) mass is 295 g/mol. The molecule has 1 aromatic carbocycles. The number of piperidine rings is 1. The van der Waals surface area contributed by atoms with Gasteiger partial charge in [0, 0.05) is 11.1 Å². The lowest BCUT2D eigenvalue weighted by Gasteiger charge is -2.35. The fourth-order valence-electron chi connectivity index (χ4n) is 2.79. The fourth-order valence-corrected chi connectivity index (χ4v) is 3.09. The Hall–Kier alpha value is -1.06. The molecule has 1 atom stereocenters. The molecule has 0 N–H and O–H groups in total. The number of halogens is 1. The predicted octanol–water partition coefficient (Wildman–Crippen LogP) is 3.68. The maximum atomic E-state index is 11.7. The third-order valence-electron chi connectivity index (χ3n) is 4.05. The van der Waals surface area contributed by atoms with Crippen molar-refractivity contribution in [1.29, 1.82) is 0 Å². The van der Waals surface area contributed by atoms with Gasteiger partial charge in [0.1, 0.15) is 0 Å². The van der Waals surface area contributed by atoms with Gasteiger partial charge in [-0.1, -0.05) is 29.8 Å². The highest BCUT2D eigenvalue weighted by Crippen LogP contribution is 2.30. The zero-order valence-electron chi connectivity index (χ0n) is 12.1. The molecular weight excluding hydrogens is 274 g/mol. The summed E-state index contributed by atoms with van der Waals surface area (Å²) in [6, 6.07) is 8.25. The molecule has 0 radical (unpaired) electrons. The molecule has 1 aliphatic heterocycles. The second-order valence-electron chi connectivity index (χ2n) is 5.26. The number of hydrogen-bond acceptors (Lipinski definition) is 3. The van der Waals surface area contributed by atoms with Gasteiger partial charge in [0.15, 0.2) is 0 Å². The third-order valence-corrected chi connectivity index (χ3v) is 4.40. The summed E-state index contributed by atoms with van der Waals surface area (Å²) in [6.45, 7) is 6.32. The minimum absolute atomic E-state index is 0.0439. The van der Waals surface area contributed by atoms with Gasteiger partial charge < -0.3 is 4.74 Å². The molecule has 110 valence electrons. The molecule has 3 nitrogen and oxygen atoms in total. The lowest BCUT2D eigenvalue weighted by molar-refractivity contribution is -0.149. The van der Waals surface area contributed by atoms with Gasteiger partial charge in [0.25, 0.3) is 0 Å². The van der Waals surface area contributed by atoms with Gasteiger partial charge in [0.05, 0.1) is 12.5 Å². The molecule has 20 heavy (non-hydrogen) atoms. The second kappa shape index (κ2) is 7.09. The minimum atomic E-state index is -0.0439. The van der Waals surface area contributed by atoms with Crippen molar-refractivity contribution in [1.82, 2.24) is 4.90 Å². The van der Waals surface area contributed by atoms with E-state index in [0.29, 0.717) is 6.61 Å². The molecule has 0 spiro atoms. The van der Waals surface area contributed by atoms with Gasteiger partial charge in [-0.3, -0.25) is 9.69 Å². The Morgan fingerprint density at radius 1 is 1.40 bits per heavy atom. The quantitative estimate of drug-likeness (QED) is 0.794. The number of esters is 1. The van der Waals surface area contributed by atoms with Crippen LogP contribution in [0.5, 0.6) is 0 Å². The van der Waals surface area contributed by atoms with Crippen LogP contribution in [0, 0.1) is 5.92 Å². The molecule has 0 aliphatic carbocycles. The van der Waals surface area contributed by atoms with E-state index in [0.717, 1.165) is 36.5 Å². The number of nitrogens with zero attached hydrogens (tertiary/aromatic N) is 1. The first-order valence-corrected chi connectivity index (χ1v) is 7.66. The Morgan fingerprint density at radius 2 is 2.05 bits per heavy atom. The van der Waals surface area contributed by atoms with Crippen LogP contribution < -0.4 is 0 Å². The summed E-state index contributed by atoms with van der Waals surface area (Å²) in [5, 5.41) is 0.813. The molecule has 1 fully saturated rings. The summed E-state index contributed by atoms with van der Waals surface area (Å²) in [5.41, 5.74) is 1.16. The largest absolute Gasteiger partial charge is 0.466 e. The van der Waals surface area contributed by atoms with Crippen molar-refractivity contribution in [3.8, 4) is 0 Å². The van der Waals surface area contributed by atoms with E-state index in [1.54, 1.807) is 0 Å². The molecule has 1 aliphatic rings. The Balaban J connectivity index is 1.94. The lowest BCUT2D eigenvalue weighted by Crippen LogP contribution is -2.38. The van der Waals surface area contributed by atoms with E-state index in [-0.39, 0.29) is 17.9 Å². The molecule has 4 heteroatoms. The second-order valence-corrected chi connectivity index (χ2v) is 5.67. The fraction of sp³-hybridized carbons (Fsp3) is 0.562. The van der Waals surface area contributed by atoms with E-state index in [1.807, 2.05) is 25.1 Å². The molecule has 1 saturated heterocycles. The average Bonchev–Trinajstić information content (AvgIpc) is 2.47. The first kappa shape index (κ1) is 15.3. The van der Waals surface area contributed by atoms with Crippen LogP contribution in [0.25, 0.3) is 0 Å². The lowest BCUT2D eigenvalue weighted by atomic mass is 9.94. The van der Waals surface area contributed by atoms with Crippen molar-refractivity contribution in [2.24, 2.45) is 5.92 Å². The van der Waals surface area contributed by atoms with Gasteiger partial charge in [-0.15, -0.1) is 0 Å². The first-order valence-electron chi connectivity index (χ1n) is 7.28. The summed E-state index contributed by atoms with van der Waals surface area (Å²) in [6.07, 6.45) is 1.74. The van der Waals surface area contributed by atoms with Gasteiger partial charge in [0.2, 0.25) is 0 Å². The van der Waals surface area contributed by atoms with Crippen molar-refractivity contribution in [3.63, 3.8) is 0 Å². The van der Waals surface area contributed by atoms with Gasteiger partial charge in [-0.2, -0.15) is 0 Å². The number of carbonyl (C=O) groups excluding carboxylic acids is 1. The van der Waals surface area contributed by atoms with E-state index in [2.05, 4.69) is 17.9 Å². The Bertz CT molecular complexity index is 456. The smallest absolute Gasteiger partial charge is 0.309 e. The van der Waals surface area contributed by atoms with Crippen molar-refractivity contribution in [2.75, 3.05) is 19.7 Å². The van der Waals surface area contributed by atoms with E-state index in [9.17, 15) is 4.79 Å². The highest BCUT2D eigenvalue weighted by Gasteiger charge is 2.28. The SMILES string of the molecule is CCOC(=O)C1CCN(C(C)c2ccccc2Cl)CC1. The molecule has 0 amide bonds. The summed E-state index contributed by atoms with van der Waals surface area (Å²) < 4.78 is 5.10. The van der Waals surface area contributed by atoms with E-state index < -0.39 is 0 Å². The van der Waals surface area contributed by atoms with Crippen molar-refractivity contribution in [3.05, 3.63) is 34.9 Å². The van der Waals surface area contributed by atoms with Crippen molar-refractivity contribution < 1.29 is 9.53 Å². The molecule has 0 aromatic heterocycles. The van der Waals surface area contributed by atoms with Gasteiger partial charge in [-0.05, 0) is 51.4 Å². The molecule has 2 rings (SSSR count). The minimum Gasteiger partial charge on any atom is -0.466 e. The van der Waals surface area contributed by atoms with Gasteiger partial charge in [-0.25, -0.2) is 0 Å². The van der Waals surface area contributed by atoms with E-state index in [1.165, 1.54) is 0 Å². The number of benzene rings is 1. The summed E-state index contributed by atoms with van der Waals surface area (Å²) in [7, 11) is 0. The van der Waals surface area contributed by atoms with Crippen molar-refractivity contribution in [2.45, 2.75) is 32.7 Å². The topological polar surface area (TPSA) is 29.5 Å². The van der Waals surface area contributed by atoms with E-state index in [4.69, 9.17) is 16.3 Å². The molecule has 0 bridgehead atoms. The van der Waals surface area contributed by atoms with E-state index >= 15 is 0 Å². The standard InChI is InChI=1S/C16H22ClNO2/c1-3-20-16(19)13-8-10-18(11-9-13)12(2)14-6-4-5-7-15(14)17/h4-7,12-13H,3,8-11H2,1-2H3.